The van der Waals surface area contributed by atoms with Crippen LogP contribution >= 0.6 is 23.2 Å². The third-order valence-corrected chi connectivity index (χ3v) is 4.30. The molecule has 1 aliphatic heterocycles. The van der Waals surface area contributed by atoms with Crippen molar-refractivity contribution in [2.45, 2.75) is 31.8 Å². The molecule has 3 rings (SSSR count). The minimum atomic E-state index is -0.0331. The van der Waals surface area contributed by atoms with Gasteiger partial charge in [0.25, 0.3) is 5.91 Å². The Morgan fingerprint density at radius 3 is 2.68 bits per heavy atom. The Balaban J connectivity index is 1.81. The second-order valence-electron chi connectivity index (χ2n) is 5.43. The van der Waals surface area contributed by atoms with E-state index in [1.54, 1.807) is 29.1 Å². The number of piperidine rings is 1. The van der Waals surface area contributed by atoms with Gasteiger partial charge in [0.05, 0.1) is 18.8 Å². The molecule has 1 aliphatic rings. The van der Waals surface area contributed by atoms with Crippen LogP contribution in [-0.2, 0) is 6.54 Å². The smallest absolute Gasteiger partial charge is 0.254 e. The van der Waals surface area contributed by atoms with Crippen LogP contribution in [0.2, 0.25) is 10.0 Å². The lowest BCUT2D eigenvalue weighted by atomic mass is 10.0. The first-order valence-electron chi connectivity index (χ1n) is 7.24. The number of nitrogens with zero attached hydrogens (tertiary/aromatic N) is 4. The Bertz CT molecular complexity index is 639. The van der Waals surface area contributed by atoms with Crippen molar-refractivity contribution < 1.29 is 4.79 Å². The fourth-order valence-corrected chi connectivity index (χ4v) is 3.37. The molecule has 1 aromatic carbocycles. The largest absolute Gasteiger partial charge is 0.334 e. The number of carbonyl (C=O) groups is 1. The molecular weight excluding hydrogens is 323 g/mol. The number of likely N-dealkylation sites (tertiary alicyclic amines) is 1. The monoisotopic (exact) mass is 338 g/mol. The van der Waals surface area contributed by atoms with Crippen molar-refractivity contribution in [3.63, 3.8) is 0 Å². The number of hydrogen-bond donors (Lipinski definition) is 0. The highest BCUT2D eigenvalue weighted by Crippen LogP contribution is 2.24. The first-order chi connectivity index (χ1) is 10.6. The molecule has 1 aromatic heterocycles. The zero-order valence-electron chi connectivity index (χ0n) is 12.0. The van der Waals surface area contributed by atoms with Gasteiger partial charge in [-0.1, -0.05) is 28.4 Å². The third kappa shape index (κ3) is 3.42. The first-order valence-corrected chi connectivity index (χ1v) is 8.00. The maximum Gasteiger partial charge on any atom is 0.254 e. The molecule has 0 bridgehead atoms. The molecule has 0 saturated carbocycles. The van der Waals surface area contributed by atoms with Gasteiger partial charge in [-0.25, -0.2) is 0 Å². The summed E-state index contributed by atoms with van der Waals surface area (Å²) in [7, 11) is 0. The molecule has 1 saturated heterocycles. The summed E-state index contributed by atoms with van der Waals surface area (Å²) in [5.74, 6) is -0.0331. The topological polar surface area (TPSA) is 51.0 Å². The van der Waals surface area contributed by atoms with Crippen molar-refractivity contribution in [1.29, 1.82) is 0 Å². The molecule has 2 heterocycles. The molecule has 0 spiro atoms. The lowest BCUT2D eigenvalue weighted by molar-refractivity contribution is 0.0583. The van der Waals surface area contributed by atoms with Crippen molar-refractivity contribution >= 4 is 29.1 Å². The Morgan fingerprint density at radius 2 is 2.00 bits per heavy atom. The van der Waals surface area contributed by atoms with E-state index in [1.807, 2.05) is 11.1 Å². The highest BCUT2D eigenvalue weighted by molar-refractivity contribution is 6.35. The number of amides is 1. The second-order valence-corrected chi connectivity index (χ2v) is 6.30. The van der Waals surface area contributed by atoms with E-state index in [9.17, 15) is 4.79 Å². The van der Waals surface area contributed by atoms with Crippen LogP contribution in [0.25, 0.3) is 0 Å². The predicted octanol–water partition coefficient (Wildman–Crippen LogP) is 3.28. The van der Waals surface area contributed by atoms with E-state index in [-0.39, 0.29) is 11.9 Å². The van der Waals surface area contributed by atoms with Gasteiger partial charge in [0.1, 0.15) is 0 Å². The maximum atomic E-state index is 12.8. The van der Waals surface area contributed by atoms with Crippen LogP contribution in [0, 0.1) is 0 Å². The highest BCUT2D eigenvalue weighted by atomic mass is 35.5. The van der Waals surface area contributed by atoms with E-state index >= 15 is 0 Å². The molecule has 22 heavy (non-hydrogen) atoms. The number of rotatable bonds is 3. The second kappa shape index (κ2) is 6.67. The van der Waals surface area contributed by atoms with Gasteiger partial charge >= 0.3 is 0 Å². The molecule has 0 N–H and O–H groups in total. The van der Waals surface area contributed by atoms with Gasteiger partial charge in [-0.15, -0.1) is 5.10 Å². The number of carbonyl (C=O) groups excluding carboxylic acids is 1. The average Bonchev–Trinajstić information content (AvgIpc) is 2.99. The quantitative estimate of drug-likeness (QED) is 0.862. The summed E-state index contributed by atoms with van der Waals surface area (Å²) in [6, 6.07) is 5.07. The van der Waals surface area contributed by atoms with Crippen LogP contribution < -0.4 is 0 Å². The van der Waals surface area contributed by atoms with E-state index in [0.717, 1.165) is 25.8 Å². The van der Waals surface area contributed by atoms with Crippen LogP contribution in [0.15, 0.2) is 30.6 Å². The normalized spacial score (nSPS) is 18.5. The summed E-state index contributed by atoms with van der Waals surface area (Å²) in [6.07, 6.45) is 6.53. The molecule has 1 atom stereocenters. The van der Waals surface area contributed by atoms with Crippen LogP contribution in [0.1, 0.15) is 29.6 Å². The lowest BCUT2D eigenvalue weighted by Crippen LogP contribution is -2.46. The highest BCUT2D eigenvalue weighted by Gasteiger charge is 2.28. The fourth-order valence-electron chi connectivity index (χ4n) is 2.85. The third-order valence-electron chi connectivity index (χ3n) is 3.87. The number of benzene rings is 1. The van der Waals surface area contributed by atoms with Gasteiger partial charge in [0.2, 0.25) is 0 Å². The molecule has 116 valence electrons. The zero-order valence-corrected chi connectivity index (χ0v) is 13.5. The predicted molar refractivity (Wildman–Crippen MR) is 85.2 cm³/mol. The van der Waals surface area contributed by atoms with Crippen molar-refractivity contribution in [3.05, 3.63) is 46.2 Å². The van der Waals surface area contributed by atoms with E-state index in [1.165, 1.54) is 0 Å². The molecule has 5 nitrogen and oxygen atoms in total. The Labute approximate surface area is 138 Å². The summed E-state index contributed by atoms with van der Waals surface area (Å²) in [4.78, 5) is 14.7. The minimum absolute atomic E-state index is 0.0331. The summed E-state index contributed by atoms with van der Waals surface area (Å²) < 4.78 is 1.77. The minimum Gasteiger partial charge on any atom is -0.334 e. The molecule has 0 radical (unpaired) electrons. The number of hydrogen-bond acceptors (Lipinski definition) is 3. The molecule has 1 fully saturated rings. The van der Waals surface area contributed by atoms with Gasteiger partial charge < -0.3 is 4.90 Å². The van der Waals surface area contributed by atoms with Gasteiger partial charge in [-0.05, 0) is 37.5 Å². The summed E-state index contributed by atoms with van der Waals surface area (Å²) in [5.41, 5.74) is 0.531. The van der Waals surface area contributed by atoms with Crippen LogP contribution in [0.3, 0.4) is 0 Å². The van der Waals surface area contributed by atoms with E-state index in [2.05, 4.69) is 10.3 Å². The van der Waals surface area contributed by atoms with Crippen molar-refractivity contribution in [1.82, 2.24) is 19.9 Å². The van der Waals surface area contributed by atoms with Gasteiger partial charge in [-0.2, -0.15) is 0 Å². The van der Waals surface area contributed by atoms with Crippen molar-refractivity contribution in [2.75, 3.05) is 6.54 Å². The average molecular weight is 339 g/mol. The molecule has 7 heteroatoms. The lowest BCUT2D eigenvalue weighted by Gasteiger charge is -2.35. The van der Waals surface area contributed by atoms with Gasteiger partial charge in [-0.3, -0.25) is 9.48 Å². The molecule has 2 aromatic rings. The number of halogens is 2. The van der Waals surface area contributed by atoms with E-state index in [0.29, 0.717) is 22.2 Å². The van der Waals surface area contributed by atoms with Crippen LogP contribution in [0.4, 0.5) is 0 Å². The molecule has 0 aliphatic carbocycles. The summed E-state index contributed by atoms with van der Waals surface area (Å²) >= 11 is 12.0. The molecule has 1 amide bonds. The Morgan fingerprint density at radius 1 is 1.23 bits per heavy atom. The SMILES string of the molecule is O=C(c1cc(Cl)cc(Cl)c1)N1CCCC[C@@H]1Cn1ccnn1. The van der Waals surface area contributed by atoms with Crippen molar-refractivity contribution in [2.24, 2.45) is 0 Å². The van der Waals surface area contributed by atoms with Crippen LogP contribution in [-0.4, -0.2) is 38.4 Å². The summed E-state index contributed by atoms with van der Waals surface area (Å²) in [6.45, 7) is 1.39. The Kier molecular flexibility index (Phi) is 4.64. The van der Waals surface area contributed by atoms with Gasteiger partial charge in [0.15, 0.2) is 0 Å². The van der Waals surface area contributed by atoms with Crippen molar-refractivity contribution in [3.8, 4) is 0 Å². The Hall–Kier alpha value is -1.59. The van der Waals surface area contributed by atoms with Gasteiger partial charge in [0, 0.05) is 28.4 Å². The molecular formula is C15H16Cl2N4O. The zero-order chi connectivity index (χ0) is 15.5. The number of aromatic nitrogens is 3. The standard InChI is InChI=1S/C15H16Cl2N4O/c16-12-7-11(8-13(17)9-12)15(22)21-5-2-1-3-14(21)10-20-6-4-18-19-20/h4,6-9,14H,1-3,5,10H2/t14-/m1/s1. The van der Waals surface area contributed by atoms with E-state index in [4.69, 9.17) is 23.2 Å². The first kappa shape index (κ1) is 15.3. The van der Waals surface area contributed by atoms with E-state index < -0.39 is 0 Å². The maximum absolute atomic E-state index is 12.8. The molecule has 0 unspecified atom stereocenters. The summed E-state index contributed by atoms with van der Waals surface area (Å²) in [5, 5.41) is 8.75. The fraction of sp³-hybridized carbons (Fsp3) is 0.400. The van der Waals surface area contributed by atoms with Crippen LogP contribution in [0.5, 0.6) is 0 Å².